The van der Waals surface area contributed by atoms with Gasteiger partial charge >= 0.3 is 0 Å². The van der Waals surface area contributed by atoms with Gasteiger partial charge in [-0.25, -0.2) is 0 Å². The van der Waals surface area contributed by atoms with Crippen LogP contribution in [0.15, 0.2) is 60.7 Å². The average Bonchev–Trinajstić information content (AvgIpc) is 3.20. The molecule has 174 valence electrons. The van der Waals surface area contributed by atoms with Crippen LogP contribution in [0.4, 0.5) is 0 Å². The summed E-state index contributed by atoms with van der Waals surface area (Å²) in [5.41, 5.74) is 6.08. The maximum Gasteiger partial charge on any atom is 0.124 e. The minimum Gasteiger partial charge on any atom is -0.488 e. The second-order valence-corrected chi connectivity index (χ2v) is 9.48. The van der Waals surface area contributed by atoms with Crippen LogP contribution in [0.25, 0.3) is 10.9 Å². The molecule has 3 heterocycles. The van der Waals surface area contributed by atoms with E-state index < -0.39 is 0 Å². The lowest BCUT2D eigenvalue weighted by atomic mass is 9.92. The number of hydrogen-bond acceptors (Lipinski definition) is 4. The van der Waals surface area contributed by atoms with E-state index in [1.165, 1.54) is 34.1 Å². The summed E-state index contributed by atoms with van der Waals surface area (Å²) >= 11 is 0. The Balaban J connectivity index is 1.39. The number of aromatic amines is 1. The lowest BCUT2D eigenvalue weighted by Gasteiger charge is -2.39. The van der Waals surface area contributed by atoms with Crippen molar-refractivity contribution in [1.82, 2.24) is 14.8 Å². The first kappa shape index (κ1) is 22.2. The molecule has 2 aromatic carbocycles. The zero-order chi connectivity index (χ0) is 22.8. The number of ether oxygens (including phenoxy) is 1. The molecule has 33 heavy (non-hydrogen) atoms. The van der Waals surface area contributed by atoms with Crippen molar-refractivity contribution in [2.75, 3.05) is 39.3 Å². The molecule has 0 saturated carbocycles. The van der Waals surface area contributed by atoms with E-state index in [4.69, 9.17) is 4.74 Å². The monoisotopic (exact) mass is 445 g/mol. The fourth-order valence-corrected chi connectivity index (χ4v) is 5.31. The SMILES string of the molecule is C=C(CO)CCN1CCc2c([nH]c3ccccc23)[C@H]1c1ccc(OC2CN(CCC)C2)cc1. The zero-order valence-corrected chi connectivity index (χ0v) is 19.6. The Labute approximate surface area is 196 Å². The van der Waals surface area contributed by atoms with Crippen molar-refractivity contribution in [3.63, 3.8) is 0 Å². The number of nitrogens with zero attached hydrogens (tertiary/aromatic N) is 2. The van der Waals surface area contributed by atoms with Gasteiger partial charge in [-0.05, 0) is 55.1 Å². The Morgan fingerprint density at radius 2 is 1.91 bits per heavy atom. The average molecular weight is 446 g/mol. The molecule has 1 saturated heterocycles. The van der Waals surface area contributed by atoms with Crippen LogP contribution in [0.5, 0.6) is 5.75 Å². The lowest BCUT2D eigenvalue weighted by molar-refractivity contribution is 0.0202. The molecule has 0 radical (unpaired) electrons. The molecule has 0 spiro atoms. The summed E-state index contributed by atoms with van der Waals surface area (Å²) in [5.74, 6) is 0.952. The molecule has 5 rings (SSSR count). The van der Waals surface area contributed by atoms with Crippen molar-refractivity contribution in [2.45, 2.75) is 38.3 Å². The number of rotatable bonds is 9. The van der Waals surface area contributed by atoms with E-state index in [1.807, 2.05) is 0 Å². The van der Waals surface area contributed by atoms with E-state index in [2.05, 4.69) is 76.8 Å². The number of fused-ring (bicyclic) bond motifs is 3. The minimum atomic E-state index is 0.0546. The third-order valence-electron chi connectivity index (χ3n) is 7.07. The number of nitrogens with one attached hydrogen (secondary N) is 1. The zero-order valence-electron chi connectivity index (χ0n) is 19.6. The van der Waals surface area contributed by atoms with Crippen LogP contribution in [0.2, 0.25) is 0 Å². The summed E-state index contributed by atoms with van der Waals surface area (Å²) < 4.78 is 6.20. The third kappa shape index (κ3) is 4.58. The van der Waals surface area contributed by atoms with Crippen molar-refractivity contribution >= 4 is 10.9 Å². The molecule has 1 atom stereocenters. The maximum absolute atomic E-state index is 9.43. The maximum atomic E-state index is 9.43. The number of aliphatic hydroxyl groups excluding tert-OH is 1. The molecule has 0 aliphatic carbocycles. The minimum absolute atomic E-state index is 0.0546. The Morgan fingerprint density at radius 1 is 1.12 bits per heavy atom. The van der Waals surface area contributed by atoms with E-state index in [0.29, 0.717) is 6.10 Å². The van der Waals surface area contributed by atoms with Gasteiger partial charge in [0.25, 0.3) is 0 Å². The summed E-state index contributed by atoms with van der Waals surface area (Å²) in [6.07, 6.45) is 3.33. The fraction of sp³-hybridized carbons (Fsp3) is 0.429. The molecule has 1 aromatic heterocycles. The van der Waals surface area contributed by atoms with Crippen molar-refractivity contribution in [2.24, 2.45) is 0 Å². The van der Waals surface area contributed by atoms with Crippen LogP contribution < -0.4 is 4.74 Å². The Bertz CT molecular complexity index is 1100. The number of aliphatic hydroxyl groups is 1. The Kier molecular flexibility index (Phi) is 6.54. The van der Waals surface area contributed by atoms with Gasteiger partial charge in [-0.1, -0.05) is 49.4 Å². The van der Waals surface area contributed by atoms with Crippen LogP contribution >= 0.6 is 0 Å². The number of para-hydroxylation sites is 1. The Morgan fingerprint density at radius 3 is 2.67 bits per heavy atom. The molecule has 0 bridgehead atoms. The standard InChI is InChI=1S/C28H35N3O2/c1-3-14-30-17-23(18-30)33-22-10-8-21(9-11-22)28-27-25(24-6-4-5-7-26(24)29-27)13-16-31(28)15-12-20(2)19-32/h4-11,23,28-29,32H,2-3,12-19H2,1H3/t28-/m1/s1. The first-order chi connectivity index (χ1) is 16.2. The smallest absolute Gasteiger partial charge is 0.124 e. The van der Waals surface area contributed by atoms with Gasteiger partial charge in [-0.3, -0.25) is 9.80 Å². The molecule has 2 aliphatic rings. The molecule has 3 aromatic rings. The first-order valence-corrected chi connectivity index (χ1v) is 12.3. The number of likely N-dealkylation sites (tertiary alicyclic amines) is 1. The quantitative estimate of drug-likeness (QED) is 0.475. The third-order valence-corrected chi connectivity index (χ3v) is 7.07. The Hall–Kier alpha value is -2.60. The molecular weight excluding hydrogens is 410 g/mol. The van der Waals surface area contributed by atoms with E-state index in [0.717, 1.165) is 56.9 Å². The molecular formula is C28H35N3O2. The van der Waals surface area contributed by atoms with Gasteiger partial charge in [0, 0.05) is 42.8 Å². The summed E-state index contributed by atoms with van der Waals surface area (Å²) in [7, 11) is 0. The van der Waals surface area contributed by atoms with Gasteiger partial charge in [0.1, 0.15) is 11.9 Å². The second-order valence-electron chi connectivity index (χ2n) is 9.48. The van der Waals surface area contributed by atoms with Crippen molar-refractivity contribution in [1.29, 1.82) is 0 Å². The van der Waals surface area contributed by atoms with Crippen molar-refractivity contribution in [3.05, 3.63) is 77.5 Å². The second kappa shape index (κ2) is 9.72. The van der Waals surface area contributed by atoms with Crippen LogP contribution in [-0.4, -0.2) is 65.3 Å². The van der Waals surface area contributed by atoms with Crippen molar-refractivity contribution in [3.8, 4) is 5.75 Å². The van der Waals surface area contributed by atoms with Crippen LogP contribution in [0.1, 0.15) is 42.6 Å². The summed E-state index contributed by atoms with van der Waals surface area (Å²) in [4.78, 5) is 8.69. The van der Waals surface area contributed by atoms with Gasteiger partial charge in [0.05, 0.1) is 12.6 Å². The predicted molar refractivity (Wildman–Crippen MR) is 134 cm³/mol. The van der Waals surface area contributed by atoms with E-state index in [9.17, 15) is 5.11 Å². The van der Waals surface area contributed by atoms with E-state index in [-0.39, 0.29) is 12.6 Å². The summed E-state index contributed by atoms with van der Waals surface area (Å²) in [6, 6.07) is 17.5. The number of aromatic nitrogens is 1. The molecule has 0 amide bonds. The number of H-pyrrole nitrogens is 1. The highest BCUT2D eigenvalue weighted by Crippen LogP contribution is 2.39. The van der Waals surface area contributed by atoms with Crippen LogP contribution in [0.3, 0.4) is 0 Å². The summed E-state index contributed by atoms with van der Waals surface area (Å²) in [5, 5.41) is 10.8. The van der Waals surface area contributed by atoms with Gasteiger partial charge in [0.2, 0.25) is 0 Å². The van der Waals surface area contributed by atoms with Crippen LogP contribution in [0, 0.1) is 0 Å². The van der Waals surface area contributed by atoms with E-state index >= 15 is 0 Å². The highest BCUT2D eigenvalue weighted by Gasteiger charge is 2.32. The molecule has 0 unspecified atom stereocenters. The molecule has 5 nitrogen and oxygen atoms in total. The number of benzene rings is 2. The highest BCUT2D eigenvalue weighted by atomic mass is 16.5. The van der Waals surface area contributed by atoms with Gasteiger partial charge < -0.3 is 14.8 Å². The fourth-order valence-electron chi connectivity index (χ4n) is 5.31. The number of hydrogen-bond donors (Lipinski definition) is 2. The molecule has 1 fully saturated rings. The normalized spacial score (nSPS) is 19.4. The highest BCUT2D eigenvalue weighted by molar-refractivity contribution is 5.85. The molecule has 2 aliphatic heterocycles. The first-order valence-electron chi connectivity index (χ1n) is 12.3. The van der Waals surface area contributed by atoms with E-state index in [1.54, 1.807) is 0 Å². The lowest BCUT2D eigenvalue weighted by Crippen LogP contribution is -2.53. The van der Waals surface area contributed by atoms with Gasteiger partial charge in [0.15, 0.2) is 0 Å². The topological polar surface area (TPSA) is 51.7 Å². The predicted octanol–water partition coefficient (Wildman–Crippen LogP) is 4.53. The van der Waals surface area contributed by atoms with Crippen molar-refractivity contribution < 1.29 is 9.84 Å². The van der Waals surface area contributed by atoms with Gasteiger partial charge in [-0.15, -0.1) is 0 Å². The van der Waals surface area contributed by atoms with Crippen LogP contribution in [-0.2, 0) is 6.42 Å². The largest absolute Gasteiger partial charge is 0.488 e. The van der Waals surface area contributed by atoms with Gasteiger partial charge in [-0.2, -0.15) is 0 Å². The molecule has 2 N–H and O–H groups in total. The summed E-state index contributed by atoms with van der Waals surface area (Å²) in [6.45, 7) is 11.4. The molecule has 5 heteroatoms.